The number of benzene rings is 1. The van der Waals surface area contributed by atoms with Crippen LogP contribution in [0.25, 0.3) is 0 Å². The van der Waals surface area contributed by atoms with Crippen molar-refractivity contribution in [3.05, 3.63) is 58.3 Å². The Balaban J connectivity index is 2.62. The standard InChI is InChI=1S/C16H21N/c1-11-9-12(2)15(13(3)10-11)16(4)8-6-5-7-14(16)17/h5-7,9-10H,8,17H2,1-4H3. The van der Waals surface area contributed by atoms with Gasteiger partial charge in [0.1, 0.15) is 0 Å². The second-order valence-corrected chi connectivity index (χ2v) is 5.36. The first-order valence-electron chi connectivity index (χ1n) is 6.16. The highest BCUT2D eigenvalue weighted by atomic mass is 14.6. The smallest absolute Gasteiger partial charge is 0.0359 e. The second kappa shape index (κ2) is 4.06. The van der Waals surface area contributed by atoms with E-state index in [9.17, 15) is 0 Å². The fourth-order valence-corrected chi connectivity index (χ4v) is 3.07. The Morgan fingerprint density at radius 2 is 1.71 bits per heavy atom. The van der Waals surface area contributed by atoms with Gasteiger partial charge >= 0.3 is 0 Å². The van der Waals surface area contributed by atoms with E-state index in [-0.39, 0.29) is 5.41 Å². The maximum absolute atomic E-state index is 6.23. The molecule has 1 aromatic carbocycles. The van der Waals surface area contributed by atoms with Crippen LogP contribution in [0.3, 0.4) is 0 Å². The van der Waals surface area contributed by atoms with Crippen molar-refractivity contribution < 1.29 is 0 Å². The first-order chi connectivity index (χ1) is 7.95. The van der Waals surface area contributed by atoms with E-state index in [4.69, 9.17) is 5.73 Å². The Kier molecular flexibility index (Phi) is 2.86. The summed E-state index contributed by atoms with van der Waals surface area (Å²) in [7, 11) is 0. The molecule has 0 saturated heterocycles. The van der Waals surface area contributed by atoms with Gasteiger partial charge in [-0.25, -0.2) is 0 Å². The normalized spacial score (nSPS) is 23.6. The van der Waals surface area contributed by atoms with E-state index in [2.05, 4.69) is 52.0 Å². The van der Waals surface area contributed by atoms with Gasteiger partial charge in [0, 0.05) is 11.1 Å². The van der Waals surface area contributed by atoms with Crippen molar-refractivity contribution in [3.63, 3.8) is 0 Å². The molecule has 1 aliphatic rings. The van der Waals surface area contributed by atoms with E-state index in [0.717, 1.165) is 12.1 Å². The van der Waals surface area contributed by atoms with Crippen molar-refractivity contribution in [1.82, 2.24) is 0 Å². The van der Waals surface area contributed by atoms with Crippen molar-refractivity contribution in [2.24, 2.45) is 5.73 Å². The molecule has 90 valence electrons. The second-order valence-electron chi connectivity index (χ2n) is 5.36. The first-order valence-corrected chi connectivity index (χ1v) is 6.16. The summed E-state index contributed by atoms with van der Waals surface area (Å²) in [5.74, 6) is 0. The third-order valence-corrected chi connectivity index (χ3v) is 3.80. The fourth-order valence-electron chi connectivity index (χ4n) is 3.07. The number of hydrogen-bond donors (Lipinski definition) is 1. The lowest BCUT2D eigenvalue weighted by molar-refractivity contribution is 0.546. The zero-order valence-corrected chi connectivity index (χ0v) is 11.2. The van der Waals surface area contributed by atoms with Crippen LogP contribution in [0.4, 0.5) is 0 Å². The van der Waals surface area contributed by atoms with Gasteiger partial charge in [0.15, 0.2) is 0 Å². The Hall–Kier alpha value is -1.50. The highest BCUT2D eigenvalue weighted by Crippen LogP contribution is 2.39. The molecule has 0 aliphatic heterocycles. The monoisotopic (exact) mass is 227 g/mol. The van der Waals surface area contributed by atoms with Crippen LogP contribution < -0.4 is 5.73 Å². The number of aryl methyl sites for hydroxylation is 3. The molecule has 0 heterocycles. The fraction of sp³-hybridized carbons (Fsp3) is 0.375. The summed E-state index contributed by atoms with van der Waals surface area (Å²) in [5.41, 5.74) is 12.6. The summed E-state index contributed by atoms with van der Waals surface area (Å²) >= 11 is 0. The molecule has 0 fully saturated rings. The molecule has 1 aromatic rings. The maximum Gasteiger partial charge on any atom is 0.0359 e. The summed E-state index contributed by atoms with van der Waals surface area (Å²) in [6, 6.07) is 4.50. The third-order valence-electron chi connectivity index (χ3n) is 3.80. The Morgan fingerprint density at radius 1 is 1.12 bits per heavy atom. The lowest BCUT2D eigenvalue weighted by atomic mass is 9.71. The zero-order chi connectivity index (χ0) is 12.6. The van der Waals surface area contributed by atoms with Gasteiger partial charge in [-0.3, -0.25) is 0 Å². The van der Waals surface area contributed by atoms with E-state index in [0.29, 0.717) is 0 Å². The quantitative estimate of drug-likeness (QED) is 0.778. The van der Waals surface area contributed by atoms with Crippen LogP contribution >= 0.6 is 0 Å². The topological polar surface area (TPSA) is 26.0 Å². The number of rotatable bonds is 1. The molecule has 17 heavy (non-hydrogen) atoms. The van der Waals surface area contributed by atoms with Gasteiger partial charge in [0.25, 0.3) is 0 Å². The van der Waals surface area contributed by atoms with Gasteiger partial charge < -0.3 is 5.73 Å². The van der Waals surface area contributed by atoms with Gasteiger partial charge in [-0.05, 0) is 56.9 Å². The summed E-state index contributed by atoms with van der Waals surface area (Å²) in [6.45, 7) is 8.76. The Bertz CT molecular complexity index is 485. The minimum atomic E-state index is -0.0450. The van der Waals surface area contributed by atoms with Crippen molar-refractivity contribution >= 4 is 0 Å². The molecule has 0 amide bonds. The average molecular weight is 227 g/mol. The summed E-state index contributed by atoms with van der Waals surface area (Å²) in [6.07, 6.45) is 7.27. The van der Waals surface area contributed by atoms with Crippen LogP contribution in [-0.4, -0.2) is 0 Å². The number of allylic oxidation sites excluding steroid dienone is 4. The third kappa shape index (κ3) is 1.90. The molecule has 0 aromatic heterocycles. The average Bonchev–Trinajstić information content (AvgIpc) is 2.21. The molecule has 1 unspecified atom stereocenters. The van der Waals surface area contributed by atoms with E-state index in [1.165, 1.54) is 22.3 Å². The van der Waals surface area contributed by atoms with Crippen LogP contribution in [-0.2, 0) is 5.41 Å². The zero-order valence-electron chi connectivity index (χ0n) is 11.2. The minimum absolute atomic E-state index is 0.0450. The molecular weight excluding hydrogens is 206 g/mol. The Morgan fingerprint density at radius 3 is 2.24 bits per heavy atom. The largest absolute Gasteiger partial charge is 0.401 e. The van der Waals surface area contributed by atoms with Crippen LogP contribution in [0.1, 0.15) is 35.6 Å². The molecule has 1 nitrogen and oxygen atoms in total. The molecule has 2 rings (SSSR count). The molecule has 2 N–H and O–H groups in total. The minimum Gasteiger partial charge on any atom is -0.401 e. The highest BCUT2D eigenvalue weighted by Gasteiger charge is 2.32. The summed E-state index contributed by atoms with van der Waals surface area (Å²) < 4.78 is 0. The molecule has 0 radical (unpaired) electrons. The van der Waals surface area contributed by atoms with Crippen LogP contribution in [0.5, 0.6) is 0 Å². The molecular formula is C16H21N. The van der Waals surface area contributed by atoms with E-state index in [1.807, 2.05) is 6.08 Å². The van der Waals surface area contributed by atoms with E-state index >= 15 is 0 Å². The van der Waals surface area contributed by atoms with Gasteiger partial charge in [-0.15, -0.1) is 0 Å². The SMILES string of the molecule is Cc1cc(C)c(C2(C)CC=CC=C2N)c(C)c1. The van der Waals surface area contributed by atoms with Crippen molar-refractivity contribution in [3.8, 4) is 0 Å². The Labute approximate surface area is 104 Å². The number of hydrogen-bond acceptors (Lipinski definition) is 1. The van der Waals surface area contributed by atoms with Crippen LogP contribution in [0, 0.1) is 20.8 Å². The lowest BCUT2D eigenvalue weighted by Gasteiger charge is -2.34. The van der Waals surface area contributed by atoms with Gasteiger partial charge in [0.2, 0.25) is 0 Å². The molecule has 1 aliphatic carbocycles. The van der Waals surface area contributed by atoms with Gasteiger partial charge in [-0.2, -0.15) is 0 Å². The van der Waals surface area contributed by atoms with E-state index in [1.54, 1.807) is 0 Å². The highest BCUT2D eigenvalue weighted by molar-refractivity contribution is 5.48. The molecule has 1 heteroatoms. The predicted molar refractivity (Wildman–Crippen MR) is 74.0 cm³/mol. The van der Waals surface area contributed by atoms with Crippen molar-refractivity contribution in [2.75, 3.05) is 0 Å². The van der Waals surface area contributed by atoms with Crippen LogP contribution in [0.2, 0.25) is 0 Å². The molecule has 0 bridgehead atoms. The summed E-state index contributed by atoms with van der Waals surface area (Å²) in [4.78, 5) is 0. The van der Waals surface area contributed by atoms with Crippen molar-refractivity contribution in [1.29, 1.82) is 0 Å². The van der Waals surface area contributed by atoms with Gasteiger partial charge in [0.05, 0.1) is 0 Å². The molecule has 0 spiro atoms. The van der Waals surface area contributed by atoms with E-state index < -0.39 is 0 Å². The molecule has 1 atom stereocenters. The van der Waals surface area contributed by atoms with Gasteiger partial charge in [-0.1, -0.05) is 29.8 Å². The van der Waals surface area contributed by atoms with Crippen molar-refractivity contribution in [2.45, 2.75) is 39.5 Å². The molecule has 0 saturated carbocycles. The lowest BCUT2D eigenvalue weighted by Crippen LogP contribution is -2.32. The summed E-state index contributed by atoms with van der Waals surface area (Å²) in [5, 5.41) is 0. The number of nitrogens with two attached hydrogens (primary N) is 1. The maximum atomic E-state index is 6.23. The predicted octanol–water partition coefficient (Wildman–Crippen LogP) is 3.67. The first kappa shape index (κ1) is 12.0. The van der Waals surface area contributed by atoms with Crippen LogP contribution in [0.15, 0.2) is 36.1 Å².